The third-order valence-electron chi connectivity index (χ3n) is 6.61. The van der Waals surface area contributed by atoms with Crippen molar-refractivity contribution in [3.05, 3.63) is 114 Å². The first-order chi connectivity index (χ1) is 16.0. The summed E-state index contributed by atoms with van der Waals surface area (Å²) in [5, 5.41) is 3.84. The zero-order valence-electron chi connectivity index (χ0n) is 19.9. The van der Waals surface area contributed by atoms with Crippen LogP contribution in [-0.2, 0) is 0 Å². The fourth-order valence-electron chi connectivity index (χ4n) is 4.92. The summed E-state index contributed by atoms with van der Waals surface area (Å²) < 4.78 is 0. The van der Waals surface area contributed by atoms with E-state index >= 15 is 0 Å². The van der Waals surface area contributed by atoms with Crippen LogP contribution in [0.3, 0.4) is 0 Å². The number of para-hydroxylation sites is 1. The van der Waals surface area contributed by atoms with Crippen molar-refractivity contribution in [2.45, 2.75) is 45.7 Å². The van der Waals surface area contributed by atoms with Gasteiger partial charge in [-0.3, -0.25) is 0 Å². The number of rotatable bonds is 5. The number of hydrogen-bond donors (Lipinski definition) is 1. The lowest BCUT2D eigenvalue weighted by molar-refractivity contribution is 0.776. The van der Waals surface area contributed by atoms with Crippen LogP contribution < -0.4 is 10.2 Å². The third kappa shape index (κ3) is 3.91. The highest BCUT2D eigenvalue weighted by Gasteiger charge is 2.34. The molecule has 0 aromatic heterocycles. The van der Waals surface area contributed by atoms with Crippen LogP contribution in [-0.4, -0.2) is 0 Å². The van der Waals surface area contributed by atoms with Crippen molar-refractivity contribution in [2.75, 3.05) is 10.2 Å². The van der Waals surface area contributed by atoms with Gasteiger partial charge in [0.25, 0.3) is 0 Å². The summed E-state index contributed by atoms with van der Waals surface area (Å²) in [5.74, 6) is 0.855. The lowest BCUT2D eigenvalue weighted by Crippen LogP contribution is -2.26. The van der Waals surface area contributed by atoms with Gasteiger partial charge in [0, 0.05) is 0 Å². The number of hydrogen-bond acceptors (Lipinski definition) is 2. The van der Waals surface area contributed by atoms with E-state index in [1.807, 2.05) is 0 Å². The molecule has 0 saturated heterocycles. The molecule has 0 saturated carbocycles. The van der Waals surface area contributed by atoms with Gasteiger partial charge < -0.3 is 10.2 Å². The predicted molar refractivity (Wildman–Crippen MR) is 141 cm³/mol. The smallest absolute Gasteiger partial charge is 0.130 e. The molecule has 1 N–H and O–H groups in total. The molecular formula is C31H32N2. The summed E-state index contributed by atoms with van der Waals surface area (Å²) in [6, 6.07) is 35.1. The monoisotopic (exact) mass is 432 g/mol. The number of anilines is 3. The van der Waals surface area contributed by atoms with Crippen LogP contribution in [0.1, 0.15) is 62.4 Å². The molecule has 1 aliphatic rings. The summed E-state index contributed by atoms with van der Waals surface area (Å²) in [6.45, 7) is 9.19. The van der Waals surface area contributed by atoms with Crippen LogP contribution in [0.15, 0.2) is 97.1 Å². The maximum absolute atomic E-state index is 3.84. The minimum absolute atomic E-state index is 0.0459. The molecule has 1 aliphatic heterocycles. The molecule has 2 heteroatoms. The van der Waals surface area contributed by atoms with Crippen molar-refractivity contribution in [1.82, 2.24) is 0 Å². The van der Waals surface area contributed by atoms with Crippen molar-refractivity contribution < 1.29 is 0 Å². The maximum atomic E-state index is 3.84. The van der Waals surface area contributed by atoms with E-state index in [4.69, 9.17) is 0 Å². The highest BCUT2D eigenvalue weighted by Crippen LogP contribution is 2.51. The summed E-state index contributed by atoms with van der Waals surface area (Å²) in [4.78, 5) is 2.54. The topological polar surface area (TPSA) is 15.3 Å². The average molecular weight is 433 g/mol. The van der Waals surface area contributed by atoms with E-state index in [0.717, 1.165) is 0 Å². The quantitative estimate of drug-likeness (QED) is 0.339. The molecule has 4 aromatic carbocycles. The minimum Gasteiger partial charge on any atom is -0.359 e. The Hall–Kier alpha value is -3.52. The van der Waals surface area contributed by atoms with E-state index in [2.05, 4.69) is 135 Å². The molecule has 166 valence electrons. The first kappa shape index (κ1) is 21.3. The highest BCUT2D eigenvalue weighted by molar-refractivity contribution is 5.89. The van der Waals surface area contributed by atoms with Gasteiger partial charge in [-0.15, -0.1) is 0 Å². The Morgan fingerprint density at radius 3 is 1.85 bits per heavy atom. The van der Waals surface area contributed by atoms with Gasteiger partial charge in [-0.25, -0.2) is 0 Å². The molecule has 2 nitrogen and oxygen atoms in total. The number of fused-ring (bicyclic) bond motifs is 1. The molecule has 1 atom stereocenters. The van der Waals surface area contributed by atoms with Crippen molar-refractivity contribution in [2.24, 2.45) is 0 Å². The molecule has 33 heavy (non-hydrogen) atoms. The first-order valence-corrected chi connectivity index (χ1v) is 12.0. The normalized spacial score (nSPS) is 15.1. The lowest BCUT2D eigenvalue weighted by atomic mass is 9.91. The second-order valence-electron chi connectivity index (χ2n) is 9.52. The van der Waals surface area contributed by atoms with E-state index < -0.39 is 0 Å². The van der Waals surface area contributed by atoms with Gasteiger partial charge >= 0.3 is 0 Å². The first-order valence-electron chi connectivity index (χ1n) is 12.0. The summed E-state index contributed by atoms with van der Waals surface area (Å²) >= 11 is 0. The van der Waals surface area contributed by atoms with E-state index in [-0.39, 0.29) is 6.17 Å². The molecule has 1 heterocycles. The Kier molecular flexibility index (Phi) is 5.68. The van der Waals surface area contributed by atoms with Crippen molar-refractivity contribution in [3.8, 4) is 11.1 Å². The highest BCUT2D eigenvalue weighted by atomic mass is 15.3. The molecule has 0 radical (unpaired) electrons. The molecule has 4 aromatic rings. The van der Waals surface area contributed by atoms with Crippen LogP contribution in [0.5, 0.6) is 0 Å². The second kappa shape index (κ2) is 8.78. The average Bonchev–Trinajstić information content (AvgIpc) is 3.23. The van der Waals surface area contributed by atoms with Gasteiger partial charge in [-0.05, 0) is 51.8 Å². The zero-order valence-corrected chi connectivity index (χ0v) is 19.9. The van der Waals surface area contributed by atoms with Crippen molar-refractivity contribution in [3.63, 3.8) is 0 Å². The summed E-state index contributed by atoms with van der Waals surface area (Å²) in [5.41, 5.74) is 10.3. The van der Waals surface area contributed by atoms with Crippen LogP contribution >= 0.6 is 0 Å². The molecule has 5 rings (SSSR count). The standard InChI is InChI=1S/C31H32N2/c1-21(2)26-16-11-17-27(22(3)4)30(26)33-29-20-25(23-12-7-5-8-13-23)18-19-28(29)32-31(33)24-14-9-6-10-15-24/h5-22,31-32H,1-4H3. The van der Waals surface area contributed by atoms with Crippen LogP contribution in [0.2, 0.25) is 0 Å². The Morgan fingerprint density at radius 1 is 0.636 bits per heavy atom. The van der Waals surface area contributed by atoms with Crippen molar-refractivity contribution in [1.29, 1.82) is 0 Å². The third-order valence-corrected chi connectivity index (χ3v) is 6.61. The van der Waals surface area contributed by atoms with Crippen LogP contribution in [0.4, 0.5) is 17.1 Å². The number of nitrogens with zero attached hydrogens (tertiary/aromatic N) is 1. The number of nitrogens with one attached hydrogen (secondary N) is 1. The zero-order chi connectivity index (χ0) is 22.9. The van der Waals surface area contributed by atoms with Gasteiger partial charge in [0.05, 0.1) is 17.1 Å². The molecule has 0 aliphatic carbocycles. The molecule has 0 amide bonds. The maximum Gasteiger partial charge on any atom is 0.130 e. The molecule has 0 fully saturated rings. The Labute approximate surface area is 197 Å². The predicted octanol–water partition coefficient (Wildman–Crippen LogP) is 8.86. The van der Waals surface area contributed by atoms with Gasteiger partial charge in [0.2, 0.25) is 0 Å². The van der Waals surface area contributed by atoms with Gasteiger partial charge in [-0.2, -0.15) is 0 Å². The molecule has 0 bridgehead atoms. The van der Waals surface area contributed by atoms with Crippen molar-refractivity contribution >= 4 is 17.1 Å². The summed E-state index contributed by atoms with van der Waals surface area (Å²) in [7, 11) is 0. The van der Waals surface area contributed by atoms with Crippen LogP contribution in [0, 0.1) is 0 Å². The largest absolute Gasteiger partial charge is 0.359 e. The van der Waals surface area contributed by atoms with E-state index in [1.165, 1.54) is 44.9 Å². The van der Waals surface area contributed by atoms with E-state index in [1.54, 1.807) is 0 Å². The molecule has 0 spiro atoms. The van der Waals surface area contributed by atoms with E-state index in [0.29, 0.717) is 11.8 Å². The fourth-order valence-corrected chi connectivity index (χ4v) is 4.92. The second-order valence-corrected chi connectivity index (χ2v) is 9.52. The summed E-state index contributed by atoms with van der Waals surface area (Å²) in [6.07, 6.45) is 0.0459. The molecular weight excluding hydrogens is 400 g/mol. The lowest BCUT2D eigenvalue weighted by Gasteiger charge is -2.33. The number of benzene rings is 4. The van der Waals surface area contributed by atoms with E-state index in [9.17, 15) is 0 Å². The van der Waals surface area contributed by atoms with Gasteiger partial charge in [0.1, 0.15) is 6.17 Å². The van der Waals surface area contributed by atoms with Crippen LogP contribution in [0.25, 0.3) is 11.1 Å². The Balaban J connectivity index is 1.75. The van der Waals surface area contributed by atoms with Gasteiger partial charge in [-0.1, -0.05) is 113 Å². The fraction of sp³-hybridized carbons (Fsp3) is 0.226. The molecule has 1 unspecified atom stereocenters. The minimum atomic E-state index is 0.0459. The Bertz CT molecular complexity index is 1220. The SMILES string of the molecule is CC(C)c1cccc(C(C)C)c1N1c2cc(-c3ccccc3)ccc2NC1c1ccccc1. The van der Waals surface area contributed by atoms with Gasteiger partial charge in [0.15, 0.2) is 0 Å². The Morgan fingerprint density at radius 2 is 1.24 bits per heavy atom.